The van der Waals surface area contributed by atoms with E-state index in [-0.39, 0.29) is 11.8 Å². The van der Waals surface area contributed by atoms with Crippen LogP contribution < -0.4 is 0 Å². The second-order valence-electron chi connectivity index (χ2n) is 7.70. The second kappa shape index (κ2) is 8.61. The lowest BCUT2D eigenvalue weighted by molar-refractivity contribution is 0.270. The molecule has 1 fully saturated rings. The zero-order chi connectivity index (χ0) is 21.3. The first kappa shape index (κ1) is 21.2. The second-order valence-corrected chi connectivity index (χ2v) is 10.6. The summed E-state index contributed by atoms with van der Waals surface area (Å²) in [7, 11) is -3.50. The van der Waals surface area contributed by atoms with Gasteiger partial charge in [-0.15, -0.1) is 0 Å². The molecule has 0 unspecified atom stereocenters. The molecule has 1 aliphatic rings. The lowest BCUT2D eigenvalue weighted by Crippen LogP contribution is -2.37. The third kappa shape index (κ3) is 4.22. The molecule has 1 aliphatic heterocycles. The topological polar surface area (TPSA) is 76.3 Å². The average molecular weight is 490 g/mol. The van der Waals surface area contributed by atoms with Gasteiger partial charge in [0, 0.05) is 29.4 Å². The summed E-state index contributed by atoms with van der Waals surface area (Å²) in [6.45, 7) is 5.02. The average Bonchev–Trinajstić information content (AvgIpc) is 3.24. The first-order chi connectivity index (χ1) is 14.4. The van der Waals surface area contributed by atoms with Gasteiger partial charge in [0.05, 0.1) is 4.90 Å². The molecule has 3 aromatic rings. The van der Waals surface area contributed by atoms with Gasteiger partial charge in [-0.3, -0.25) is 0 Å². The maximum absolute atomic E-state index is 12.9. The fourth-order valence-corrected chi connectivity index (χ4v) is 5.99. The number of halogens is 1. The number of hydrogen-bond donors (Lipinski definition) is 0. The highest BCUT2D eigenvalue weighted by molar-refractivity contribution is 9.10. The molecule has 6 nitrogen and oxygen atoms in total. The van der Waals surface area contributed by atoms with Crippen molar-refractivity contribution in [3.63, 3.8) is 0 Å². The number of benzene rings is 2. The summed E-state index contributed by atoms with van der Waals surface area (Å²) in [4.78, 5) is 4.96. The summed E-state index contributed by atoms with van der Waals surface area (Å²) in [5.74, 6) is 1.39. The van der Waals surface area contributed by atoms with Crippen LogP contribution in [-0.2, 0) is 10.0 Å². The van der Waals surface area contributed by atoms with Crippen molar-refractivity contribution in [3.05, 3.63) is 75.8 Å². The van der Waals surface area contributed by atoms with Crippen molar-refractivity contribution in [2.24, 2.45) is 0 Å². The van der Waals surface area contributed by atoms with E-state index in [0.29, 0.717) is 42.5 Å². The van der Waals surface area contributed by atoms with Gasteiger partial charge in [0.2, 0.25) is 15.9 Å². The zero-order valence-corrected chi connectivity index (χ0v) is 19.4. The van der Waals surface area contributed by atoms with E-state index in [0.717, 1.165) is 4.47 Å². The van der Waals surface area contributed by atoms with Crippen molar-refractivity contribution in [2.45, 2.75) is 43.4 Å². The highest BCUT2D eigenvalue weighted by atomic mass is 79.9. The molecule has 4 rings (SSSR count). The standard InChI is InChI=1S/C22H24BrN3O3S/c1-15-6-3-4-9-20(15)16(2)21-24-22(29-25-21)17-10-12-26(13-11-17)30(27,28)19-8-5-7-18(23)14-19/h3-9,14,16-17H,10-13H2,1-2H3/t16-/m1/s1. The van der Waals surface area contributed by atoms with E-state index in [4.69, 9.17) is 4.52 Å². The Kier molecular flexibility index (Phi) is 6.09. The van der Waals surface area contributed by atoms with E-state index in [2.05, 4.69) is 52.1 Å². The zero-order valence-electron chi connectivity index (χ0n) is 17.0. The maximum Gasteiger partial charge on any atom is 0.243 e. The van der Waals surface area contributed by atoms with Crippen LogP contribution in [0.4, 0.5) is 0 Å². The summed E-state index contributed by atoms with van der Waals surface area (Å²) in [5, 5.41) is 4.21. The van der Waals surface area contributed by atoms with Gasteiger partial charge in [-0.25, -0.2) is 8.42 Å². The van der Waals surface area contributed by atoms with Crippen molar-refractivity contribution in [1.82, 2.24) is 14.4 Å². The van der Waals surface area contributed by atoms with Gasteiger partial charge in [0.25, 0.3) is 0 Å². The molecule has 0 aliphatic carbocycles. The molecule has 0 N–H and O–H groups in total. The molecule has 158 valence electrons. The molecule has 8 heteroatoms. The highest BCUT2D eigenvalue weighted by Gasteiger charge is 2.32. The fraction of sp³-hybridized carbons (Fsp3) is 0.364. The van der Waals surface area contributed by atoms with Crippen molar-refractivity contribution in [1.29, 1.82) is 0 Å². The van der Waals surface area contributed by atoms with Crippen LogP contribution in [0.15, 0.2) is 62.4 Å². The number of aryl methyl sites for hydroxylation is 1. The minimum atomic E-state index is -3.50. The van der Waals surface area contributed by atoms with Gasteiger partial charge in [0.15, 0.2) is 5.82 Å². The summed E-state index contributed by atoms with van der Waals surface area (Å²) in [6.07, 6.45) is 1.32. The Bertz CT molecular complexity index is 1140. The summed E-state index contributed by atoms with van der Waals surface area (Å²) < 4.78 is 33.7. The number of sulfonamides is 1. The fourth-order valence-electron chi connectivity index (χ4n) is 3.92. The van der Waals surface area contributed by atoms with E-state index in [1.165, 1.54) is 11.1 Å². The van der Waals surface area contributed by atoms with E-state index in [1.807, 2.05) is 18.2 Å². The molecule has 0 spiro atoms. The van der Waals surface area contributed by atoms with Crippen LogP contribution in [0.3, 0.4) is 0 Å². The van der Waals surface area contributed by atoms with Gasteiger partial charge in [-0.2, -0.15) is 9.29 Å². The van der Waals surface area contributed by atoms with E-state index in [9.17, 15) is 8.42 Å². The minimum Gasteiger partial charge on any atom is -0.339 e. The van der Waals surface area contributed by atoms with Crippen LogP contribution >= 0.6 is 15.9 Å². The summed E-state index contributed by atoms with van der Waals surface area (Å²) in [6, 6.07) is 15.0. The smallest absolute Gasteiger partial charge is 0.243 e. The van der Waals surface area contributed by atoms with Crippen LogP contribution in [0.1, 0.15) is 54.4 Å². The normalized spacial score (nSPS) is 17.2. The molecule has 1 atom stereocenters. The third-order valence-corrected chi connectivity index (χ3v) is 8.12. The van der Waals surface area contributed by atoms with Crippen LogP contribution in [0, 0.1) is 6.92 Å². The Morgan fingerprint density at radius 1 is 1.13 bits per heavy atom. The number of aromatic nitrogens is 2. The molecule has 0 amide bonds. The van der Waals surface area contributed by atoms with Crippen molar-refractivity contribution < 1.29 is 12.9 Å². The van der Waals surface area contributed by atoms with E-state index < -0.39 is 10.0 Å². The van der Waals surface area contributed by atoms with E-state index >= 15 is 0 Å². The monoisotopic (exact) mass is 489 g/mol. The molecule has 1 aromatic heterocycles. The Morgan fingerprint density at radius 2 is 1.87 bits per heavy atom. The van der Waals surface area contributed by atoms with Gasteiger partial charge >= 0.3 is 0 Å². The lowest BCUT2D eigenvalue weighted by atomic mass is 9.95. The maximum atomic E-state index is 12.9. The van der Waals surface area contributed by atoms with Gasteiger partial charge in [-0.05, 0) is 49.1 Å². The number of rotatable bonds is 5. The number of nitrogens with zero attached hydrogens (tertiary/aromatic N) is 3. The van der Waals surface area contributed by atoms with E-state index in [1.54, 1.807) is 22.5 Å². The van der Waals surface area contributed by atoms with Crippen LogP contribution in [-0.4, -0.2) is 36.0 Å². The molecule has 0 saturated carbocycles. The van der Waals surface area contributed by atoms with Crippen molar-refractivity contribution >= 4 is 26.0 Å². The molecule has 2 heterocycles. The molecular formula is C22H24BrN3O3S. The van der Waals surface area contributed by atoms with Crippen molar-refractivity contribution in [2.75, 3.05) is 13.1 Å². The van der Waals surface area contributed by atoms with Gasteiger partial charge < -0.3 is 4.52 Å². The largest absolute Gasteiger partial charge is 0.339 e. The van der Waals surface area contributed by atoms with Crippen molar-refractivity contribution in [3.8, 4) is 0 Å². The van der Waals surface area contributed by atoms with Crippen LogP contribution in [0.2, 0.25) is 0 Å². The Labute approximate surface area is 185 Å². The lowest BCUT2D eigenvalue weighted by Gasteiger charge is -2.29. The number of piperidine rings is 1. The Hall–Kier alpha value is -2.03. The molecule has 1 saturated heterocycles. The predicted molar refractivity (Wildman–Crippen MR) is 118 cm³/mol. The highest BCUT2D eigenvalue weighted by Crippen LogP contribution is 2.32. The van der Waals surface area contributed by atoms with Crippen LogP contribution in [0.25, 0.3) is 0 Å². The first-order valence-corrected chi connectivity index (χ1v) is 12.2. The molecule has 0 bridgehead atoms. The Morgan fingerprint density at radius 3 is 2.57 bits per heavy atom. The van der Waals surface area contributed by atoms with Gasteiger partial charge in [-0.1, -0.05) is 58.3 Å². The van der Waals surface area contributed by atoms with Gasteiger partial charge in [0.1, 0.15) is 0 Å². The first-order valence-electron chi connectivity index (χ1n) is 10.0. The third-order valence-electron chi connectivity index (χ3n) is 5.74. The quantitative estimate of drug-likeness (QED) is 0.511. The molecular weight excluding hydrogens is 466 g/mol. The number of hydrogen-bond acceptors (Lipinski definition) is 5. The minimum absolute atomic E-state index is 0.0423. The molecule has 0 radical (unpaired) electrons. The molecule has 30 heavy (non-hydrogen) atoms. The Balaban J connectivity index is 1.44. The molecule has 2 aromatic carbocycles. The predicted octanol–water partition coefficient (Wildman–Crippen LogP) is 4.86. The SMILES string of the molecule is Cc1ccccc1[C@@H](C)c1noc(C2CCN(S(=O)(=O)c3cccc(Br)c3)CC2)n1. The summed E-state index contributed by atoms with van der Waals surface area (Å²) in [5.41, 5.74) is 2.38. The summed E-state index contributed by atoms with van der Waals surface area (Å²) >= 11 is 3.34. The van der Waals surface area contributed by atoms with Crippen LogP contribution in [0.5, 0.6) is 0 Å².